The molecule has 0 heterocycles. The van der Waals surface area contributed by atoms with E-state index in [2.05, 4.69) is 10.0 Å². The van der Waals surface area contributed by atoms with Gasteiger partial charge in [-0.2, -0.15) is 0 Å². The molecule has 0 saturated carbocycles. The molecule has 3 aromatic carbocycles. The Labute approximate surface area is 172 Å². The van der Waals surface area contributed by atoms with Crippen LogP contribution in [0.25, 0.3) is 0 Å². The van der Waals surface area contributed by atoms with E-state index in [1.54, 1.807) is 24.3 Å². The lowest BCUT2D eigenvalue weighted by Gasteiger charge is -2.12. The summed E-state index contributed by atoms with van der Waals surface area (Å²) in [6.45, 7) is -0.167. The maximum absolute atomic E-state index is 13.0. The van der Waals surface area contributed by atoms with Gasteiger partial charge in [0.05, 0.1) is 22.2 Å². The molecule has 0 radical (unpaired) electrons. The van der Waals surface area contributed by atoms with Crippen LogP contribution in [-0.4, -0.2) is 19.4 Å². The highest BCUT2D eigenvalue weighted by Crippen LogP contribution is 2.26. The van der Waals surface area contributed by atoms with Gasteiger partial charge in [0.2, 0.25) is 0 Å². The number of amides is 1. The Morgan fingerprint density at radius 2 is 1.76 bits per heavy atom. The van der Waals surface area contributed by atoms with Crippen LogP contribution < -0.4 is 10.0 Å². The highest BCUT2D eigenvalue weighted by molar-refractivity contribution is 7.92. The second-order valence-electron chi connectivity index (χ2n) is 6.07. The van der Waals surface area contributed by atoms with E-state index in [9.17, 15) is 22.7 Å². The van der Waals surface area contributed by atoms with Crippen LogP contribution in [0.1, 0.15) is 15.9 Å². The van der Waals surface area contributed by atoms with E-state index in [4.69, 9.17) is 11.6 Å². The number of carbonyl (C=O) groups is 1. The molecular weight excluding hydrogens is 419 g/mol. The van der Waals surface area contributed by atoms with Crippen LogP contribution in [0.4, 0.5) is 15.8 Å². The Morgan fingerprint density at radius 3 is 2.45 bits per heavy atom. The molecule has 3 rings (SSSR count). The maximum atomic E-state index is 13.0. The lowest BCUT2D eigenvalue weighted by atomic mass is 10.1. The molecule has 0 atom stereocenters. The van der Waals surface area contributed by atoms with Gasteiger partial charge in [0.1, 0.15) is 5.82 Å². The van der Waals surface area contributed by atoms with Gasteiger partial charge in [-0.15, -0.1) is 0 Å². The van der Waals surface area contributed by atoms with E-state index >= 15 is 0 Å². The van der Waals surface area contributed by atoms with Crippen molar-refractivity contribution in [3.8, 4) is 0 Å². The Kier molecular flexibility index (Phi) is 6.17. The predicted molar refractivity (Wildman–Crippen MR) is 109 cm³/mol. The van der Waals surface area contributed by atoms with Gasteiger partial charge < -0.3 is 10.4 Å². The van der Waals surface area contributed by atoms with Crippen LogP contribution in [0.5, 0.6) is 0 Å². The zero-order valence-electron chi connectivity index (χ0n) is 14.9. The summed E-state index contributed by atoms with van der Waals surface area (Å²) in [5, 5.41) is 11.9. The van der Waals surface area contributed by atoms with Crippen molar-refractivity contribution >= 4 is 38.9 Å². The van der Waals surface area contributed by atoms with E-state index in [1.807, 2.05) is 0 Å². The van der Waals surface area contributed by atoms with Gasteiger partial charge in [-0.05, 0) is 60.2 Å². The minimum atomic E-state index is -4.02. The van der Waals surface area contributed by atoms with E-state index in [-0.39, 0.29) is 27.8 Å². The van der Waals surface area contributed by atoms with Crippen LogP contribution in [0.2, 0.25) is 5.02 Å². The van der Waals surface area contributed by atoms with Crippen molar-refractivity contribution in [2.24, 2.45) is 0 Å². The molecule has 0 spiro atoms. The first-order valence-electron chi connectivity index (χ1n) is 8.37. The van der Waals surface area contributed by atoms with E-state index in [0.717, 1.165) is 24.3 Å². The number of rotatable bonds is 6. The van der Waals surface area contributed by atoms with Crippen LogP contribution in [0.15, 0.2) is 71.6 Å². The second kappa shape index (κ2) is 8.60. The lowest BCUT2D eigenvalue weighted by Crippen LogP contribution is -2.15. The van der Waals surface area contributed by atoms with Crippen LogP contribution >= 0.6 is 11.6 Å². The van der Waals surface area contributed by atoms with Gasteiger partial charge in [-0.3, -0.25) is 9.52 Å². The number of benzene rings is 3. The van der Waals surface area contributed by atoms with Crippen molar-refractivity contribution in [2.45, 2.75) is 11.5 Å². The molecule has 0 unspecified atom stereocenters. The van der Waals surface area contributed by atoms with E-state index in [1.165, 1.54) is 18.2 Å². The summed E-state index contributed by atoms with van der Waals surface area (Å²) in [5.41, 5.74) is 1.28. The molecule has 0 aliphatic carbocycles. The fourth-order valence-electron chi connectivity index (χ4n) is 2.51. The number of aliphatic hydroxyl groups excluding tert-OH is 1. The molecule has 0 saturated heterocycles. The number of nitrogens with one attached hydrogen (secondary N) is 2. The van der Waals surface area contributed by atoms with Gasteiger partial charge in [-0.1, -0.05) is 23.7 Å². The summed E-state index contributed by atoms with van der Waals surface area (Å²) in [5.74, 6) is -1.05. The third kappa shape index (κ3) is 5.11. The molecule has 150 valence electrons. The number of halogens is 2. The molecule has 0 aliphatic rings. The van der Waals surface area contributed by atoms with Gasteiger partial charge in [0.25, 0.3) is 15.9 Å². The van der Waals surface area contributed by atoms with Crippen LogP contribution in [0.3, 0.4) is 0 Å². The highest BCUT2D eigenvalue weighted by Gasteiger charge is 2.17. The monoisotopic (exact) mass is 434 g/mol. The molecule has 3 aromatic rings. The highest BCUT2D eigenvalue weighted by atomic mass is 35.5. The second-order valence-corrected chi connectivity index (χ2v) is 8.16. The first-order chi connectivity index (χ1) is 13.8. The van der Waals surface area contributed by atoms with Crippen molar-refractivity contribution in [3.63, 3.8) is 0 Å². The minimum Gasteiger partial charge on any atom is -0.392 e. The predicted octanol–water partition coefficient (Wildman–Crippen LogP) is 4.02. The van der Waals surface area contributed by atoms with E-state index < -0.39 is 21.7 Å². The quantitative estimate of drug-likeness (QED) is 0.546. The first-order valence-corrected chi connectivity index (χ1v) is 10.2. The Bertz CT molecular complexity index is 1150. The summed E-state index contributed by atoms with van der Waals surface area (Å²) >= 11 is 6.07. The summed E-state index contributed by atoms with van der Waals surface area (Å²) in [7, 11) is -4.02. The van der Waals surface area contributed by atoms with Crippen molar-refractivity contribution < 1.29 is 22.7 Å². The molecule has 3 N–H and O–H groups in total. The molecular formula is C20H16ClFN2O4S. The number of carbonyl (C=O) groups excluding carboxylic acids is 1. The fraction of sp³-hybridized carbons (Fsp3) is 0.0500. The van der Waals surface area contributed by atoms with Gasteiger partial charge in [0, 0.05) is 11.3 Å². The number of aliphatic hydroxyl groups is 1. The van der Waals surface area contributed by atoms with E-state index in [0.29, 0.717) is 11.3 Å². The topological polar surface area (TPSA) is 95.5 Å². The zero-order chi connectivity index (χ0) is 21.0. The molecule has 0 fully saturated rings. The number of hydrogen-bond acceptors (Lipinski definition) is 4. The van der Waals surface area contributed by atoms with Crippen LogP contribution in [0, 0.1) is 5.82 Å². The SMILES string of the molecule is O=C(Nc1cccc(CO)c1)c1ccc(Cl)c(NS(=O)(=O)c2ccc(F)cc2)c1. The van der Waals surface area contributed by atoms with Crippen molar-refractivity contribution in [2.75, 3.05) is 10.0 Å². The number of sulfonamides is 1. The minimum absolute atomic E-state index is 0.00718. The Hall–Kier alpha value is -2.94. The van der Waals surface area contributed by atoms with Crippen LogP contribution in [-0.2, 0) is 16.6 Å². The standard InChI is InChI=1S/C20H16ClFN2O4S/c21-18-9-4-14(20(26)23-16-3-1-2-13(10-16)12-25)11-19(18)24-29(27,28)17-7-5-15(22)6-8-17/h1-11,24-25H,12H2,(H,23,26). The van der Waals surface area contributed by atoms with Gasteiger partial charge in [-0.25, -0.2) is 12.8 Å². The third-order valence-corrected chi connectivity index (χ3v) is 5.68. The Morgan fingerprint density at radius 1 is 1.03 bits per heavy atom. The van der Waals surface area contributed by atoms with Gasteiger partial charge >= 0.3 is 0 Å². The fourth-order valence-corrected chi connectivity index (χ4v) is 3.80. The summed E-state index contributed by atoms with van der Waals surface area (Å²) in [6, 6.07) is 15.1. The summed E-state index contributed by atoms with van der Waals surface area (Å²) in [4.78, 5) is 12.4. The number of hydrogen-bond donors (Lipinski definition) is 3. The maximum Gasteiger partial charge on any atom is 0.261 e. The average Bonchev–Trinajstić information content (AvgIpc) is 2.70. The molecule has 0 bridgehead atoms. The van der Waals surface area contributed by atoms with Crippen molar-refractivity contribution in [3.05, 3.63) is 88.7 Å². The third-order valence-electron chi connectivity index (χ3n) is 3.96. The molecule has 9 heteroatoms. The van der Waals surface area contributed by atoms with Gasteiger partial charge in [0.15, 0.2) is 0 Å². The Balaban J connectivity index is 1.83. The average molecular weight is 435 g/mol. The number of anilines is 2. The first kappa shape index (κ1) is 20.8. The van der Waals surface area contributed by atoms with Crippen molar-refractivity contribution in [1.29, 1.82) is 0 Å². The largest absolute Gasteiger partial charge is 0.392 e. The molecule has 29 heavy (non-hydrogen) atoms. The molecule has 6 nitrogen and oxygen atoms in total. The zero-order valence-corrected chi connectivity index (χ0v) is 16.5. The van der Waals surface area contributed by atoms with Crippen molar-refractivity contribution in [1.82, 2.24) is 0 Å². The molecule has 0 aromatic heterocycles. The lowest BCUT2D eigenvalue weighted by molar-refractivity contribution is 0.102. The summed E-state index contributed by atoms with van der Waals surface area (Å²) in [6.07, 6.45) is 0. The molecule has 0 aliphatic heterocycles. The smallest absolute Gasteiger partial charge is 0.261 e. The normalized spacial score (nSPS) is 11.1. The molecule has 1 amide bonds. The summed E-state index contributed by atoms with van der Waals surface area (Å²) < 4.78 is 40.3.